The van der Waals surface area contributed by atoms with Crippen molar-refractivity contribution in [1.82, 2.24) is 0 Å². The van der Waals surface area contributed by atoms with Gasteiger partial charge in [-0.1, -0.05) is 44.7 Å². The lowest BCUT2D eigenvalue weighted by atomic mass is 9.81. The van der Waals surface area contributed by atoms with E-state index in [-0.39, 0.29) is 12.1 Å². The van der Waals surface area contributed by atoms with E-state index < -0.39 is 0 Å². The molecule has 0 aromatic heterocycles. The van der Waals surface area contributed by atoms with Crippen molar-refractivity contribution in [2.45, 2.75) is 109 Å². The van der Waals surface area contributed by atoms with Gasteiger partial charge >= 0.3 is 5.97 Å². The highest BCUT2D eigenvalue weighted by molar-refractivity contribution is 5.69. The van der Waals surface area contributed by atoms with Crippen molar-refractivity contribution in [2.24, 2.45) is 0 Å². The summed E-state index contributed by atoms with van der Waals surface area (Å²) < 4.78 is 12.2. The number of hydrogen-bond acceptors (Lipinski definition) is 3. The smallest absolute Gasteiger partial charge is 0.306 e. The Balaban J connectivity index is 1.61. The molecule has 0 N–H and O–H groups in total. The summed E-state index contributed by atoms with van der Waals surface area (Å²) in [6.45, 7) is 2.16. The molecular weight excluding hydrogens is 336 g/mol. The van der Waals surface area contributed by atoms with E-state index in [1.165, 1.54) is 44.1 Å². The molecule has 0 heterocycles. The molecule has 0 amide bonds. The van der Waals surface area contributed by atoms with Crippen LogP contribution in [0.2, 0.25) is 0 Å². The zero-order chi connectivity index (χ0) is 18.9. The third kappa shape index (κ3) is 6.26. The standard InChI is InChI=1S/C24H36O3/c1-2-3-5-17-24(25)27-23-16-9-8-15-22(23)19-11-10-14-21(18-19)26-20-12-6-4-7-13-20/h10-11,14,18,20,22-23H,2-9,12-13,15-17H2,1H3/t22-,23+/m1/s1. The van der Waals surface area contributed by atoms with Crippen LogP contribution >= 0.6 is 0 Å². The maximum absolute atomic E-state index is 12.2. The molecule has 0 spiro atoms. The van der Waals surface area contributed by atoms with Crippen LogP contribution < -0.4 is 4.74 Å². The summed E-state index contributed by atoms with van der Waals surface area (Å²) in [7, 11) is 0. The number of esters is 1. The summed E-state index contributed by atoms with van der Waals surface area (Å²) in [6.07, 6.45) is 14.8. The zero-order valence-corrected chi connectivity index (χ0v) is 17.0. The quantitative estimate of drug-likeness (QED) is 0.383. The Bertz CT molecular complexity index is 577. The third-order valence-electron chi connectivity index (χ3n) is 6.11. The topological polar surface area (TPSA) is 35.5 Å². The second-order valence-electron chi connectivity index (χ2n) is 8.33. The van der Waals surface area contributed by atoms with Crippen molar-refractivity contribution >= 4 is 5.97 Å². The van der Waals surface area contributed by atoms with Crippen molar-refractivity contribution in [3.05, 3.63) is 29.8 Å². The maximum atomic E-state index is 12.2. The summed E-state index contributed by atoms with van der Waals surface area (Å²) in [5, 5.41) is 0. The highest BCUT2D eigenvalue weighted by Gasteiger charge is 2.30. The molecule has 3 heteroatoms. The van der Waals surface area contributed by atoms with Crippen LogP contribution in [0.1, 0.15) is 102 Å². The fourth-order valence-corrected chi connectivity index (χ4v) is 4.56. The Kier molecular flexibility index (Phi) is 8.04. The molecule has 150 valence electrons. The van der Waals surface area contributed by atoms with E-state index in [9.17, 15) is 4.79 Å². The van der Waals surface area contributed by atoms with E-state index in [1.807, 2.05) is 0 Å². The Labute approximate surface area is 164 Å². The fraction of sp³-hybridized carbons (Fsp3) is 0.708. The Morgan fingerprint density at radius 2 is 1.78 bits per heavy atom. The highest BCUT2D eigenvalue weighted by atomic mass is 16.5. The van der Waals surface area contributed by atoms with E-state index in [0.717, 1.165) is 44.3 Å². The molecule has 0 bridgehead atoms. The van der Waals surface area contributed by atoms with Crippen LogP contribution in [0.4, 0.5) is 0 Å². The molecule has 0 radical (unpaired) electrons. The first-order chi connectivity index (χ1) is 13.3. The molecule has 1 aromatic rings. The van der Waals surface area contributed by atoms with Gasteiger partial charge in [0.25, 0.3) is 0 Å². The van der Waals surface area contributed by atoms with Gasteiger partial charge in [0.15, 0.2) is 0 Å². The predicted molar refractivity (Wildman–Crippen MR) is 109 cm³/mol. The van der Waals surface area contributed by atoms with Crippen molar-refractivity contribution in [3.63, 3.8) is 0 Å². The number of ether oxygens (including phenoxy) is 2. The van der Waals surface area contributed by atoms with Gasteiger partial charge < -0.3 is 9.47 Å². The molecule has 2 atom stereocenters. The van der Waals surface area contributed by atoms with Gasteiger partial charge in [-0.3, -0.25) is 4.79 Å². The summed E-state index contributed by atoms with van der Waals surface area (Å²) in [6, 6.07) is 8.55. The summed E-state index contributed by atoms with van der Waals surface area (Å²) in [4.78, 5) is 12.2. The van der Waals surface area contributed by atoms with Gasteiger partial charge in [-0.25, -0.2) is 0 Å². The van der Waals surface area contributed by atoms with Crippen LogP contribution in [0.5, 0.6) is 5.75 Å². The van der Waals surface area contributed by atoms with Gasteiger partial charge in [0, 0.05) is 12.3 Å². The molecule has 2 aliphatic rings. The molecule has 0 unspecified atom stereocenters. The molecule has 0 saturated heterocycles. The monoisotopic (exact) mass is 372 g/mol. The van der Waals surface area contributed by atoms with Gasteiger partial charge in [-0.2, -0.15) is 0 Å². The number of benzene rings is 1. The SMILES string of the molecule is CCCCCC(=O)O[C@H]1CCCC[C@@H]1c1cccc(OC2CCCCC2)c1. The van der Waals surface area contributed by atoms with Crippen molar-refractivity contribution in [2.75, 3.05) is 0 Å². The molecule has 0 aliphatic heterocycles. The van der Waals surface area contributed by atoms with Crippen LogP contribution in [0.15, 0.2) is 24.3 Å². The van der Waals surface area contributed by atoms with Gasteiger partial charge in [0.05, 0.1) is 6.10 Å². The molecule has 1 aromatic carbocycles. The minimum atomic E-state index is -0.0186. The number of rotatable bonds is 8. The molecule has 2 aliphatic carbocycles. The lowest BCUT2D eigenvalue weighted by Gasteiger charge is -2.32. The van der Waals surface area contributed by atoms with E-state index in [2.05, 4.69) is 31.2 Å². The minimum Gasteiger partial charge on any atom is -0.490 e. The Morgan fingerprint density at radius 3 is 2.59 bits per heavy atom. The first-order valence-electron chi connectivity index (χ1n) is 11.2. The number of carbonyl (C=O) groups is 1. The second kappa shape index (κ2) is 10.7. The third-order valence-corrected chi connectivity index (χ3v) is 6.11. The molecule has 2 saturated carbocycles. The zero-order valence-electron chi connectivity index (χ0n) is 17.0. The molecule has 3 nitrogen and oxygen atoms in total. The van der Waals surface area contributed by atoms with Crippen molar-refractivity contribution in [1.29, 1.82) is 0 Å². The van der Waals surface area contributed by atoms with Crippen molar-refractivity contribution in [3.8, 4) is 5.75 Å². The lowest BCUT2D eigenvalue weighted by molar-refractivity contribution is -0.151. The summed E-state index contributed by atoms with van der Waals surface area (Å²) in [5.41, 5.74) is 1.27. The van der Waals surface area contributed by atoms with Gasteiger partial charge in [0.2, 0.25) is 0 Å². The van der Waals surface area contributed by atoms with E-state index >= 15 is 0 Å². The first-order valence-corrected chi connectivity index (χ1v) is 11.2. The van der Waals surface area contributed by atoms with Gasteiger partial charge in [-0.05, 0) is 69.1 Å². The van der Waals surface area contributed by atoms with Crippen LogP contribution in [-0.4, -0.2) is 18.2 Å². The maximum Gasteiger partial charge on any atom is 0.306 e. The van der Waals surface area contributed by atoms with E-state index in [1.54, 1.807) is 0 Å². The predicted octanol–water partition coefficient (Wildman–Crippen LogP) is 6.55. The first kappa shape index (κ1) is 20.2. The molecule has 2 fully saturated rings. The number of hydrogen-bond donors (Lipinski definition) is 0. The van der Waals surface area contributed by atoms with Crippen LogP contribution in [0.25, 0.3) is 0 Å². The Hall–Kier alpha value is -1.51. The normalized spacial score (nSPS) is 23.7. The molecular formula is C24H36O3. The van der Waals surface area contributed by atoms with Crippen LogP contribution in [0.3, 0.4) is 0 Å². The van der Waals surface area contributed by atoms with E-state index in [0.29, 0.717) is 18.4 Å². The molecule has 3 rings (SSSR count). The summed E-state index contributed by atoms with van der Waals surface area (Å²) in [5.74, 6) is 1.27. The second-order valence-corrected chi connectivity index (χ2v) is 8.33. The van der Waals surface area contributed by atoms with Gasteiger partial charge in [0.1, 0.15) is 11.9 Å². The van der Waals surface area contributed by atoms with Gasteiger partial charge in [-0.15, -0.1) is 0 Å². The van der Waals surface area contributed by atoms with Crippen LogP contribution in [0, 0.1) is 0 Å². The minimum absolute atomic E-state index is 0.0186. The average Bonchev–Trinajstić information content (AvgIpc) is 2.70. The lowest BCUT2D eigenvalue weighted by Crippen LogP contribution is -2.28. The van der Waals surface area contributed by atoms with Crippen molar-refractivity contribution < 1.29 is 14.3 Å². The largest absolute Gasteiger partial charge is 0.490 e. The molecule has 27 heavy (non-hydrogen) atoms. The summed E-state index contributed by atoms with van der Waals surface area (Å²) >= 11 is 0. The van der Waals surface area contributed by atoms with E-state index in [4.69, 9.17) is 9.47 Å². The van der Waals surface area contributed by atoms with Crippen LogP contribution in [-0.2, 0) is 9.53 Å². The Morgan fingerprint density at radius 1 is 1.00 bits per heavy atom. The number of carbonyl (C=O) groups excluding carboxylic acids is 1. The average molecular weight is 373 g/mol. The number of unbranched alkanes of at least 4 members (excludes halogenated alkanes) is 2. The highest BCUT2D eigenvalue weighted by Crippen LogP contribution is 2.37. The fourth-order valence-electron chi connectivity index (χ4n) is 4.56.